The van der Waals surface area contributed by atoms with Crippen LogP contribution in [0.1, 0.15) is 29.0 Å². The molecule has 1 atom stereocenters. The summed E-state index contributed by atoms with van der Waals surface area (Å²) >= 11 is 0. The van der Waals surface area contributed by atoms with Gasteiger partial charge in [-0.05, 0) is 13.0 Å². The largest absolute Gasteiger partial charge is 0.465 e. The molecule has 102 valence electrons. The highest BCUT2D eigenvalue weighted by Gasteiger charge is 2.38. The SMILES string of the molecule is CCOC(=O)C(C(=O)c1ccccc1)c1cccc[o+]1. The van der Waals surface area contributed by atoms with Crippen molar-refractivity contribution < 1.29 is 18.7 Å². The third-order valence-corrected chi connectivity index (χ3v) is 2.78. The lowest BCUT2D eigenvalue weighted by Crippen LogP contribution is -2.24. The summed E-state index contributed by atoms with van der Waals surface area (Å²) in [4.78, 5) is 24.6. The van der Waals surface area contributed by atoms with Crippen LogP contribution in [-0.4, -0.2) is 18.4 Å². The van der Waals surface area contributed by atoms with Crippen LogP contribution in [0.3, 0.4) is 0 Å². The molecule has 1 aromatic heterocycles. The number of ether oxygens (including phenoxy) is 1. The van der Waals surface area contributed by atoms with Gasteiger partial charge in [-0.15, -0.1) is 0 Å². The molecule has 1 unspecified atom stereocenters. The van der Waals surface area contributed by atoms with E-state index in [0.29, 0.717) is 5.56 Å². The Morgan fingerprint density at radius 3 is 2.40 bits per heavy atom. The standard InChI is InChI=1S/C16H15O4/c1-2-19-16(18)14(13-10-6-7-11-20-13)15(17)12-8-4-3-5-9-12/h3-11,14H,2H2,1H3/q+1. The summed E-state index contributed by atoms with van der Waals surface area (Å²) in [7, 11) is 0. The van der Waals surface area contributed by atoms with E-state index < -0.39 is 11.9 Å². The van der Waals surface area contributed by atoms with Crippen LogP contribution in [-0.2, 0) is 9.53 Å². The number of carbonyl (C=O) groups is 2. The molecule has 4 nitrogen and oxygen atoms in total. The van der Waals surface area contributed by atoms with E-state index in [-0.39, 0.29) is 18.2 Å². The van der Waals surface area contributed by atoms with E-state index in [2.05, 4.69) is 0 Å². The molecule has 0 saturated carbocycles. The quantitative estimate of drug-likeness (QED) is 0.363. The minimum atomic E-state index is -1.07. The molecule has 2 rings (SSSR count). The highest BCUT2D eigenvalue weighted by Crippen LogP contribution is 2.22. The number of rotatable bonds is 5. The molecular formula is C16H15O4+. The van der Waals surface area contributed by atoms with Crippen molar-refractivity contribution in [2.75, 3.05) is 6.61 Å². The number of benzene rings is 1. The Morgan fingerprint density at radius 1 is 1.10 bits per heavy atom. The van der Waals surface area contributed by atoms with Gasteiger partial charge in [-0.1, -0.05) is 30.3 Å². The lowest BCUT2D eigenvalue weighted by molar-refractivity contribution is -0.144. The highest BCUT2D eigenvalue weighted by molar-refractivity contribution is 6.12. The molecule has 0 aliphatic carbocycles. The maximum absolute atomic E-state index is 12.5. The number of Topliss-reactive ketones (excluding diaryl/α,β-unsaturated/α-hetero) is 1. The van der Waals surface area contributed by atoms with Crippen molar-refractivity contribution in [1.29, 1.82) is 0 Å². The van der Waals surface area contributed by atoms with E-state index in [4.69, 9.17) is 9.15 Å². The molecule has 0 fully saturated rings. The minimum absolute atomic E-state index is 0.213. The minimum Gasteiger partial charge on any atom is -0.465 e. The summed E-state index contributed by atoms with van der Waals surface area (Å²) in [5.41, 5.74) is 0.449. The van der Waals surface area contributed by atoms with Gasteiger partial charge in [0.1, 0.15) is 0 Å². The van der Waals surface area contributed by atoms with Gasteiger partial charge >= 0.3 is 18.0 Å². The van der Waals surface area contributed by atoms with Crippen LogP contribution < -0.4 is 0 Å². The molecule has 2 aromatic rings. The van der Waals surface area contributed by atoms with Gasteiger partial charge in [-0.3, -0.25) is 9.59 Å². The second-order valence-electron chi connectivity index (χ2n) is 4.12. The average molecular weight is 271 g/mol. The summed E-state index contributed by atoms with van der Waals surface area (Å²) < 4.78 is 10.3. The second-order valence-corrected chi connectivity index (χ2v) is 4.12. The van der Waals surface area contributed by atoms with Gasteiger partial charge in [0.25, 0.3) is 0 Å². The van der Waals surface area contributed by atoms with Gasteiger partial charge in [0.15, 0.2) is 5.78 Å². The summed E-state index contributed by atoms with van der Waals surface area (Å²) in [6.45, 7) is 1.91. The van der Waals surface area contributed by atoms with Gasteiger partial charge in [-0.2, -0.15) is 0 Å². The van der Waals surface area contributed by atoms with Crippen molar-refractivity contribution >= 4 is 11.8 Å². The molecule has 4 heteroatoms. The Hall–Kier alpha value is -2.49. The first kappa shape index (κ1) is 13.9. The molecule has 20 heavy (non-hydrogen) atoms. The van der Waals surface area contributed by atoms with Crippen LogP contribution in [0.25, 0.3) is 0 Å². The monoisotopic (exact) mass is 271 g/mol. The van der Waals surface area contributed by atoms with Crippen LogP contribution in [0, 0.1) is 0 Å². The van der Waals surface area contributed by atoms with E-state index in [1.807, 2.05) is 6.07 Å². The molecule has 0 saturated heterocycles. The maximum atomic E-state index is 12.5. The van der Waals surface area contributed by atoms with Crippen molar-refractivity contribution in [1.82, 2.24) is 0 Å². The Morgan fingerprint density at radius 2 is 1.80 bits per heavy atom. The summed E-state index contributed by atoms with van der Waals surface area (Å²) in [5.74, 6) is -1.73. The van der Waals surface area contributed by atoms with E-state index in [1.165, 1.54) is 6.26 Å². The molecule has 0 amide bonds. The Balaban J connectivity index is 2.37. The smallest absolute Gasteiger partial charge is 0.351 e. The zero-order chi connectivity index (χ0) is 14.4. The van der Waals surface area contributed by atoms with Crippen molar-refractivity contribution in [2.45, 2.75) is 12.8 Å². The third kappa shape index (κ3) is 3.09. The number of carbonyl (C=O) groups excluding carboxylic acids is 2. The number of ketones is 1. The van der Waals surface area contributed by atoms with Crippen LogP contribution in [0.4, 0.5) is 0 Å². The predicted molar refractivity (Wildman–Crippen MR) is 73.3 cm³/mol. The van der Waals surface area contributed by atoms with Crippen molar-refractivity contribution in [3.05, 3.63) is 66.1 Å². The average Bonchev–Trinajstić information content (AvgIpc) is 2.50. The van der Waals surface area contributed by atoms with E-state index >= 15 is 0 Å². The molecule has 0 aliphatic rings. The molecule has 0 aliphatic heterocycles. The van der Waals surface area contributed by atoms with Crippen molar-refractivity contribution in [3.63, 3.8) is 0 Å². The van der Waals surface area contributed by atoms with Gasteiger partial charge in [0, 0.05) is 17.7 Å². The van der Waals surface area contributed by atoms with Gasteiger partial charge in [0.05, 0.1) is 6.61 Å². The fraction of sp³-hybridized carbons (Fsp3) is 0.188. The fourth-order valence-electron chi connectivity index (χ4n) is 1.86. The Bertz CT molecular complexity index is 578. The van der Waals surface area contributed by atoms with E-state index in [1.54, 1.807) is 49.4 Å². The zero-order valence-electron chi connectivity index (χ0n) is 11.1. The lowest BCUT2D eigenvalue weighted by atomic mass is 9.95. The molecule has 1 heterocycles. The molecule has 0 spiro atoms. The number of esters is 1. The maximum Gasteiger partial charge on any atom is 0.351 e. The van der Waals surface area contributed by atoms with Gasteiger partial charge in [0.2, 0.25) is 5.92 Å². The molecule has 0 N–H and O–H groups in total. The summed E-state index contributed by atoms with van der Waals surface area (Å²) in [6, 6.07) is 13.6. The van der Waals surface area contributed by atoms with Crippen LogP contribution in [0.5, 0.6) is 0 Å². The number of hydrogen-bond donors (Lipinski definition) is 0. The normalized spacial score (nSPS) is 11.7. The Labute approximate surface area is 117 Å². The third-order valence-electron chi connectivity index (χ3n) is 2.78. The van der Waals surface area contributed by atoms with E-state index in [0.717, 1.165) is 0 Å². The first-order chi connectivity index (χ1) is 9.74. The van der Waals surface area contributed by atoms with Crippen molar-refractivity contribution in [3.8, 4) is 0 Å². The van der Waals surface area contributed by atoms with Crippen LogP contribution in [0.15, 0.2) is 59.2 Å². The summed E-state index contributed by atoms with van der Waals surface area (Å²) in [6.07, 6.45) is 1.43. The van der Waals surface area contributed by atoms with E-state index in [9.17, 15) is 9.59 Å². The molecule has 0 radical (unpaired) electrons. The lowest BCUT2D eigenvalue weighted by Gasteiger charge is -2.08. The van der Waals surface area contributed by atoms with Crippen LogP contribution >= 0.6 is 0 Å². The molecular weight excluding hydrogens is 256 g/mol. The fourth-order valence-corrected chi connectivity index (χ4v) is 1.86. The first-order valence-corrected chi connectivity index (χ1v) is 6.36. The van der Waals surface area contributed by atoms with Crippen molar-refractivity contribution in [2.24, 2.45) is 0 Å². The summed E-state index contributed by atoms with van der Waals surface area (Å²) in [5, 5.41) is 0. The highest BCUT2D eigenvalue weighted by atomic mass is 16.5. The predicted octanol–water partition coefficient (Wildman–Crippen LogP) is 3.09. The molecule has 1 aromatic carbocycles. The zero-order valence-corrected chi connectivity index (χ0v) is 11.1. The van der Waals surface area contributed by atoms with Gasteiger partial charge in [-0.25, -0.2) is 4.42 Å². The number of hydrogen-bond acceptors (Lipinski definition) is 3. The van der Waals surface area contributed by atoms with Crippen LogP contribution in [0.2, 0.25) is 0 Å². The molecule has 0 bridgehead atoms. The first-order valence-electron chi connectivity index (χ1n) is 6.36. The van der Waals surface area contributed by atoms with Gasteiger partial charge < -0.3 is 4.74 Å². The second kappa shape index (κ2) is 6.61. The Kier molecular flexibility index (Phi) is 4.60. The topological polar surface area (TPSA) is 54.7 Å².